The molecule has 0 unspecified atom stereocenters. The van der Waals surface area contributed by atoms with E-state index in [1.54, 1.807) is 0 Å². The Labute approximate surface area is 90.8 Å². The fourth-order valence-corrected chi connectivity index (χ4v) is 2.54. The second-order valence-corrected chi connectivity index (χ2v) is 5.68. The molecule has 1 aliphatic carbocycles. The Kier molecular flexibility index (Phi) is 2.41. The number of likely N-dealkylation sites (tertiary alicyclic amines) is 1. The number of hydrogen-bond acceptors (Lipinski definition) is 3. The maximum absolute atomic E-state index is 11.8. The van der Waals surface area contributed by atoms with Gasteiger partial charge in [-0.25, -0.2) is 4.79 Å². The molecule has 2 aliphatic rings. The van der Waals surface area contributed by atoms with Crippen LogP contribution in [0.15, 0.2) is 0 Å². The van der Waals surface area contributed by atoms with Crippen LogP contribution in [0, 0.1) is 5.92 Å². The Bertz CT molecular complexity index is 270. The molecule has 0 radical (unpaired) electrons. The topological polar surface area (TPSA) is 55.6 Å². The number of carbonyl (C=O) groups excluding carboxylic acids is 1. The summed E-state index contributed by atoms with van der Waals surface area (Å²) in [7, 11) is 0. The van der Waals surface area contributed by atoms with Crippen LogP contribution < -0.4 is 5.73 Å². The van der Waals surface area contributed by atoms with Crippen molar-refractivity contribution in [1.29, 1.82) is 0 Å². The molecule has 0 aromatic carbocycles. The van der Waals surface area contributed by atoms with E-state index in [4.69, 9.17) is 10.5 Å². The Balaban J connectivity index is 1.94. The molecule has 2 fully saturated rings. The minimum Gasteiger partial charge on any atom is -0.444 e. The summed E-state index contributed by atoms with van der Waals surface area (Å²) in [5, 5.41) is 0. The molecule has 3 atom stereocenters. The Hall–Kier alpha value is -0.770. The van der Waals surface area contributed by atoms with Crippen LogP contribution >= 0.6 is 0 Å². The van der Waals surface area contributed by atoms with Gasteiger partial charge in [0.25, 0.3) is 0 Å². The van der Waals surface area contributed by atoms with Crippen LogP contribution in [0.3, 0.4) is 0 Å². The minimum atomic E-state index is -0.402. The Morgan fingerprint density at radius 2 is 2.07 bits per heavy atom. The molecule has 1 aliphatic heterocycles. The van der Waals surface area contributed by atoms with E-state index >= 15 is 0 Å². The average Bonchev–Trinajstić information content (AvgIpc) is 2.58. The SMILES string of the molecule is CC(C)(C)OC(=O)N1C[C@H]2C[C@@H]1C[C@@H]2N. The summed E-state index contributed by atoms with van der Waals surface area (Å²) in [6, 6.07) is 0.605. The molecule has 0 aromatic rings. The molecule has 0 spiro atoms. The first kappa shape index (κ1) is 10.7. The van der Waals surface area contributed by atoms with Gasteiger partial charge in [0.1, 0.15) is 5.60 Å². The van der Waals surface area contributed by atoms with Crippen molar-refractivity contribution in [1.82, 2.24) is 4.90 Å². The molecule has 4 heteroatoms. The molecule has 2 rings (SSSR count). The lowest BCUT2D eigenvalue weighted by atomic mass is 10.0. The maximum atomic E-state index is 11.8. The lowest BCUT2D eigenvalue weighted by molar-refractivity contribution is 0.0183. The van der Waals surface area contributed by atoms with E-state index < -0.39 is 5.60 Å². The number of amides is 1. The van der Waals surface area contributed by atoms with E-state index in [2.05, 4.69) is 0 Å². The van der Waals surface area contributed by atoms with Crippen molar-refractivity contribution in [2.75, 3.05) is 6.54 Å². The smallest absolute Gasteiger partial charge is 0.410 e. The number of rotatable bonds is 0. The molecule has 1 saturated carbocycles. The van der Waals surface area contributed by atoms with Gasteiger partial charge < -0.3 is 15.4 Å². The molecule has 4 nitrogen and oxygen atoms in total. The highest BCUT2D eigenvalue weighted by Crippen LogP contribution is 2.37. The summed E-state index contributed by atoms with van der Waals surface area (Å²) in [5.41, 5.74) is 5.53. The zero-order valence-electron chi connectivity index (χ0n) is 9.69. The van der Waals surface area contributed by atoms with Gasteiger partial charge in [-0.05, 0) is 39.5 Å². The van der Waals surface area contributed by atoms with Crippen LogP contribution in [-0.2, 0) is 4.74 Å². The number of nitrogens with zero attached hydrogens (tertiary/aromatic N) is 1. The van der Waals surface area contributed by atoms with E-state index in [1.807, 2.05) is 25.7 Å². The van der Waals surface area contributed by atoms with Gasteiger partial charge in [-0.3, -0.25) is 0 Å². The lowest BCUT2D eigenvalue weighted by Crippen LogP contribution is -2.46. The van der Waals surface area contributed by atoms with Crippen molar-refractivity contribution in [3.63, 3.8) is 0 Å². The first-order valence-electron chi connectivity index (χ1n) is 5.62. The van der Waals surface area contributed by atoms with Crippen molar-refractivity contribution >= 4 is 6.09 Å². The Morgan fingerprint density at radius 3 is 2.47 bits per heavy atom. The summed E-state index contributed by atoms with van der Waals surface area (Å²) in [5.74, 6) is 0.488. The van der Waals surface area contributed by atoms with E-state index in [0.717, 1.165) is 19.4 Å². The van der Waals surface area contributed by atoms with Gasteiger partial charge in [0.05, 0.1) is 0 Å². The number of nitrogens with two attached hydrogens (primary N) is 1. The van der Waals surface area contributed by atoms with Crippen molar-refractivity contribution in [2.24, 2.45) is 11.7 Å². The zero-order chi connectivity index (χ0) is 11.2. The molecule has 1 amide bonds. The molecule has 15 heavy (non-hydrogen) atoms. The quantitative estimate of drug-likeness (QED) is 0.659. The normalized spacial score (nSPS) is 34.7. The third-order valence-corrected chi connectivity index (χ3v) is 3.22. The van der Waals surface area contributed by atoms with Crippen LogP contribution in [0.1, 0.15) is 33.6 Å². The zero-order valence-corrected chi connectivity index (χ0v) is 9.69. The van der Waals surface area contributed by atoms with Crippen LogP contribution in [-0.4, -0.2) is 35.2 Å². The van der Waals surface area contributed by atoms with Crippen molar-refractivity contribution in [3.8, 4) is 0 Å². The first-order valence-corrected chi connectivity index (χ1v) is 5.62. The average molecular weight is 212 g/mol. The van der Waals surface area contributed by atoms with Crippen LogP contribution in [0.25, 0.3) is 0 Å². The van der Waals surface area contributed by atoms with Crippen molar-refractivity contribution < 1.29 is 9.53 Å². The van der Waals surface area contributed by atoms with E-state index in [0.29, 0.717) is 12.0 Å². The van der Waals surface area contributed by atoms with Crippen molar-refractivity contribution in [3.05, 3.63) is 0 Å². The van der Waals surface area contributed by atoms with Gasteiger partial charge in [-0.1, -0.05) is 0 Å². The molecule has 1 saturated heterocycles. The van der Waals surface area contributed by atoms with Gasteiger partial charge in [0.2, 0.25) is 0 Å². The predicted octanol–water partition coefficient (Wildman–Crippen LogP) is 1.34. The van der Waals surface area contributed by atoms with E-state index in [9.17, 15) is 4.79 Å². The molecular weight excluding hydrogens is 192 g/mol. The number of carbonyl (C=O) groups is 1. The number of hydrogen-bond donors (Lipinski definition) is 1. The summed E-state index contributed by atoms with van der Waals surface area (Å²) >= 11 is 0. The monoisotopic (exact) mass is 212 g/mol. The van der Waals surface area contributed by atoms with Gasteiger partial charge in [-0.15, -0.1) is 0 Å². The highest BCUT2D eigenvalue weighted by molar-refractivity contribution is 5.69. The van der Waals surface area contributed by atoms with E-state index in [1.165, 1.54) is 0 Å². The third-order valence-electron chi connectivity index (χ3n) is 3.22. The minimum absolute atomic E-state index is 0.179. The van der Waals surface area contributed by atoms with Gasteiger partial charge in [0, 0.05) is 18.6 Å². The first-order chi connectivity index (χ1) is 6.87. The van der Waals surface area contributed by atoms with Crippen LogP contribution in [0.5, 0.6) is 0 Å². The number of piperidine rings is 1. The summed E-state index contributed by atoms with van der Waals surface area (Å²) < 4.78 is 5.36. The fourth-order valence-electron chi connectivity index (χ4n) is 2.54. The summed E-state index contributed by atoms with van der Waals surface area (Å²) in [6.07, 6.45) is 1.81. The van der Waals surface area contributed by atoms with Crippen LogP contribution in [0.2, 0.25) is 0 Å². The maximum Gasteiger partial charge on any atom is 0.410 e. The van der Waals surface area contributed by atoms with Crippen LogP contribution in [0.4, 0.5) is 4.79 Å². The molecule has 2 N–H and O–H groups in total. The molecule has 2 bridgehead atoms. The van der Waals surface area contributed by atoms with Gasteiger partial charge in [-0.2, -0.15) is 0 Å². The second-order valence-electron chi connectivity index (χ2n) is 5.68. The standard InChI is InChI=1S/C11H20N2O2/c1-11(2,3)15-10(14)13-6-7-4-8(13)5-9(7)12/h7-9H,4-6,12H2,1-3H3/t7-,8-,9+/m1/s1. The predicted molar refractivity (Wildman–Crippen MR) is 57.4 cm³/mol. The van der Waals surface area contributed by atoms with Gasteiger partial charge in [0.15, 0.2) is 0 Å². The molecule has 86 valence electrons. The lowest BCUT2D eigenvalue weighted by Gasteiger charge is -2.31. The number of fused-ring (bicyclic) bond motifs is 2. The third kappa shape index (κ3) is 2.09. The highest BCUT2D eigenvalue weighted by Gasteiger charge is 2.46. The fraction of sp³-hybridized carbons (Fsp3) is 0.909. The van der Waals surface area contributed by atoms with E-state index in [-0.39, 0.29) is 12.1 Å². The number of ether oxygens (including phenoxy) is 1. The molecule has 1 heterocycles. The summed E-state index contributed by atoms with van der Waals surface area (Å²) in [6.45, 7) is 6.46. The van der Waals surface area contributed by atoms with Gasteiger partial charge >= 0.3 is 6.09 Å². The van der Waals surface area contributed by atoms with Crippen molar-refractivity contribution in [2.45, 2.75) is 51.3 Å². The largest absolute Gasteiger partial charge is 0.444 e. The molecular formula is C11H20N2O2. The molecule has 0 aromatic heterocycles. The highest BCUT2D eigenvalue weighted by atomic mass is 16.6. The summed E-state index contributed by atoms with van der Waals surface area (Å²) in [4.78, 5) is 13.7. The second kappa shape index (κ2) is 3.37. The Morgan fingerprint density at radius 1 is 1.40 bits per heavy atom.